The Morgan fingerprint density at radius 3 is 2.00 bits per heavy atom. The van der Waals surface area contributed by atoms with Gasteiger partial charge in [-0.3, -0.25) is 4.79 Å². The number of hydrogen-bond donors (Lipinski definition) is 0. The van der Waals surface area contributed by atoms with Crippen LogP contribution >= 0.6 is 0 Å². The maximum Gasteiger partial charge on any atom is 0.193 e. The molecule has 0 unspecified atom stereocenters. The van der Waals surface area contributed by atoms with Crippen molar-refractivity contribution in [2.24, 2.45) is 0 Å². The van der Waals surface area contributed by atoms with Crippen LogP contribution < -0.4 is 5.43 Å². The molecule has 0 aliphatic heterocycles. The highest BCUT2D eigenvalue weighted by atomic mass is 32.2. The van der Waals surface area contributed by atoms with Gasteiger partial charge in [-0.05, 0) is 48.9 Å². The molecule has 3 aromatic rings. The number of halogens is 2. The van der Waals surface area contributed by atoms with Gasteiger partial charge >= 0.3 is 0 Å². The third-order valence-corrected chi connectivity index (χ3v) is 4.90. The van der Waals surface area contributed by atoms with Crippen molar-refractivity contribution in [2.75, 3.05) is 6.26 Å². The summed E-state index contributed by atoms with van der Waals surface area (Å²) in [6, 6.07) is 9.73. The first kappa shape index (κ1) is 18.0. The van der Waals surface area contributed by atoms with Crippen molar-refractivity contribution < 1.29 is 21.6 Å². The van der Waals surface area contributed by atoms with Crippen molar-refractivity contribution in [2.45, 2.75) is 11.8 Å². The zero-order valence-corrected chi connectivity index (χ0v) is 14.7. The zero-order chi connectivity index (χ0) is 19.1. The fourth-order valence-corrected chi connectivity index (χ4v) is 3.27. The normalized spacial score (nSPS) is 11.5. The van der Waals surface area contributed by atoms with Crippen LogP contribution in [0.15, 0.2) is 62.6 Å². The number of aryl methyl sites for hydroxylation is 1. The Morgan fingerprint density at radius 2 is 1.46 bits per heavy atom. The van der Waals surface area contributed by atoms with E-state index in [1.807, 2.05) is 0 Å². The third-order valence-electron chi connectivity index (χ3n) is 3.77. The van der Waals surface area contributed by atoms with E-state index >= 15 is 0 Å². The van der Waals surface area contributed by atoms with Gasteiger partial charge in [0.25, 0.3) is 0 Å². The van der Waals surface area contributed by atoms with Crippen LogP contribution in [0.2, 0.25) is 0 Å². The summed E-state index contributed by atoms with van der Waals surface area (Å²) in [5, 5.41) is 0. The van der Waals surface area contributed by atoms with Gasteiger partial charge in [-0.15, -0.1) is 0 Å². The van der Waals surface area contributed by atoms with Gasteiger partial charge in [0, 0.05) is 24.0 Å². The first-order valence-electron chi connectivity index (χ1n) is 7.57. The number of hydrogen-bond acceptors (Lipinski definition) is 4. The van der Waals surface area contributed by atoms with E-state index in [1.165, 1.54) is 30.3 Å². The number of benzene rings is 2. The Morgan fingerprint density at radius 1 is 0.885 bits per heavy atom. The second-order valence-corrected chi connectivity index (χ2v) is 7.90. The van der Waals surface area contributed by atoms with Crippen LogP contribution in [0.1, 0.15) is 5.76 Å². The molecule has 0 amide bonds. The Labute approximate surface area is 148 Å². The van der Waals surface area contributed by atoms with Gasteiger partial charge in [0.15, 0.2) is 15.3 Å². The summed E-state index contributed by atoms with van der Waals surface area (Å²) < 4.78 is 56.0. The van der Waals surface area contributed by atoms with Gasteiger partial charge in [0.05, 0.1) is 10.5 Å². The number of sulfone groups is 1. The van der Waals surface area contributed by atoms with Crippen molar-refractivity contribution in [1.29, 1.82) is 0 Å². The van der Waals surface area contributed by atoms with Crippen LogP contribution in [0.25, 0.3) is 22.5 Å². The highest BCUT2D eigenvalue weighted by molar-refractivity contribution is 7.90. The summed E-state index contributed by atoms with van der Waals surface area (Å²) in [5.41, 5.74) is -0.00152. The van der Waals surface area contributed by atoms with Gasteiger partial charge in [0.2, 0.25) is 0 Å². The Hall–Kier alpha value is -2.80. The summed E-state index contributed by atoms with van der Waals surface area (Å²) >= 11 is 0. The van der Waals surface area contributed by atoms with E-state index in [2.05, 4.69) is 0 Å². The van der Waals surface area contributed by atoms with Gasteiger partial charge < -0.3 is 4.42 Å². The molecular weight excluding hydrogens is 362 g/mol. The molecule has 0 aliphatic carbocycles. The molecule has 1 aromatic heterocycles. The van der Waals surface area contributed by atoms with Crippen molar-refractivity contribution >= 4 is 9.84 Å². The summed E-state index contributed by atoms with van der Waals surface area (Å²) in [5.74, 6) is -1.21. The second kappa shape index (κ2) is 6.49. The molecule has 0 fully saturated rings. The monoisotopic (exact) mass is 376 g/mol. The Balaban J connectivity index is 2.26. The molecule has 26 heavy (non-hydrogen) atoms. The minimum absolute atomic E-state index is 0.00102. The Kier molecular flexibility index (Phi) is 4.50. The molecule has 134 valence electrons. The molecule has 0 saturated heterocycles. The lowest BCUT2D eigenvalue weighted by atomic mass is 9.99. The van der Waals surface area contributed by atoms with Crippen LogP contribution in [0, 0.1) is 18.6 Å². The smallest absolute Gasteiger partial charge is 0.193 e. The molecular formula is C19H14F2O4S. The van der Waals surface area contributed by atoms with Crippen molar-refractivity contribution in [1.82, 2.24) is 0 Å². The van der Waals surface area contributed by atoms with Crippen LogP contribution in [-0.4, -0.2) is 14.7 Å². The predicted molar refractivity (Wildman–Crippen MR) is 93.6 cm³/mol. The molecule has 3 rings (SSSR count). The van der Waals surface area contributed by atoms with Gasteiger partial charge in [-0.1, -0.05) is 0 Å². The van der Waals surface area contributed by atoms with Crippen LogP contribution in [0.5, 0.6) is 0 Å². The lowest BCUT2D eigenvalue weighted by Gasteiger charge is -2.10. The van der Waals surface area contributed by atoms with Crippen molar-refractivity contribution in [3.8, 4) is 22.5 Å². The lowest BCUT2D eigenvalue weighted by molar-refractivity contribution is 0.531. The molecule has 4 nitrogen and oxygen atoms in total. The molecule has 0 aliphatic rings. The topological polar surface area (TPSA) is 64.3 Å². The molecule has 0 spiro atoms. The van der Waals surface area contributed by atoms with Gasteiger partial charge in [-0.25, -0.2) is 17.2 Å². The molecule has 7 heteroatoms. The molecule has 0 N–H and O–H groups in total. The minimum atomic E-state index is -3.38. The summed E-state index contributed by atoms with van der Waals surface area (Å²) in [4.78, 5) is 12.6. The third kappa shape index (κ3) is 3.57. The van der Waals surface area contributed by atoms with Crippen LogP contribution in [-0.2, 0) is 9.84 Å². The molecule has 0 bridgehead atoms. The number of rotatable bonds is 3. The van der Waals surface area contributed by atoms with Gasteiger partial charge in [0.1, 0.15) is 23.2 Å². The van der Waals surface area contributed by atoms with E-state index < -0.39 is 26.9 Å². The average molecular weight is 376 g/mol. The Bertz CT molecular complexity index is 1130. The van der Waals surface area contributed by atoms with E-state index in [1.54, 1.807) is 6.92 Å². The first-order chi connectivity index (χ1) is 12.1. The maximum absolute atomic E-state index is 13.6. The largest absolute Gasteiger partial charge is 0.460 e. The molecule has 0 radical (unpaired) electrons. The van der Waals surface area contributed by atoms with Gasteiger partial charge in [-0.2, -0.15) is 0 Å². The summed E-state index contributed by atoms with van der Waals surface area (Å²) in [6.45, 7) is 1.58. The SMILES string of the molecule is Cc1cc(=O)c(-c2cc(F)cc(F)c2)c(-c2ccc(S(C)(=O)=O)cc2)o1. The van der Waals surface area contributed by atoms with E-state index in [9.17, 15) is 22.0 Å². The van der Waals surface area contributed by atoms with E-state index in [4.69, 9.17) is 4.42 Å². The predicted octanol–water partition coefficient (Wildman–Crippen LogP) is 3.96. The van der Waals surface area contributed by atoms with Crippen molar-refractivity contribution in [3.63, 3.8) is 0 Å². The molecule has 0 atom stereocenters. The highest BCUT2D eigenvalue weighted by Crippen LogP contribution is 2.31. The fourth-order valence-electron chi connectivity index (χ4n) is 2.64. The van der Waals surface area contributed by atoms with E-state index in [0.29, 0.717) is 17.4 Å². The molecule has 1 heterocycles. The van der Waals surface area contributed by atoms with E-state index in [0.717, 1.165) is 18.4 Å². The van der Waals surface area contributed by atoms with Crippen LogP contribution in [0.3, 0.4) is 0 Å². The minimum Gasteiger partial charge on any atom is -0.460 e. The average Bonchev–Trinajstić information content (AvgIpc) is 2.52. The highest BCUT2D eigenvalue weighted by Gasteiger charge is 2.17. The second-order valence-electron chi connectivity index (χ2n) is 5.88. The summed E-state index contributed by atoms with van der Waals surface area (Å²) in [7, 11) is -3.38. The zero-order valence-electron chi connectivity index (χ0n) is 13.9. The molecule has 0 saturated carbocycles. The van der Waals surface area contributed by atoms with E-state index in [-0.39, 0.29) is 21.8 Å². The standard InChI is InChI=1S/C19H14F2O4S/c1-11-7-17(22)18(13-8-14(20)10-15(21)9-13)19(25-11)12-3-5-16(6-4-12)26(2,23)24/h3-10H,1-2H3. The van der Waals surface area contributed by atoms with Crippen LogP contribution in [0.4, 0.5) is 8.78 Å². The molecule has 2 aromatic carbocycles. The quantitative estimate of drug-likeness (QED) is 0.694. The maximum atomic E-state index is 13.6. The first-order valence-corrected chi connectivity index (χ1v) is 9.46. The lowest BCUT2D eigenvalue weighted by Crippen LogP contribution is -2.07. The summed E-state index contributed by atoms with van der Waals surface area (Å²) in [6.07, 6.45) is 1.08. The van der Waals surface area contributed by atoms with Crippen molar-refractivity contribution in [3.05, 3.63) is 76.1 Å². The fraction of sp³-hybridized carbons (Fsp3) is 0.105.